The Balaban J connectivity index is 2.95. The second kappa shape index (κ2) is 6.27. The van der Waals surface area contributed by atoms with Crippen molar-refractivity contribution in [2.24, 2.45) is 0 Å². The fourth-order valence-electron chi connectivity index (χ4n) is 1.69. The first-order valence-electron chi connectivity index (χ1n) is 5.45. The minimum absolute atomic E-state index is 0.0374. The van der Waals surface area contributed by atoms with Crippen molar-refractivity contribution in [2.45, 2.75) is 13.0 Å². The highest BCUT2D eigenvalue weighted by atomic mass is 16.6. The van der Waals surface area contributed by atoms with E-state index in [-0.39, 0.29) is 24.7 Å². The predicted octanol–water partition coefficient (Wildman–Crippen LogP) is 0.742. The molecular formula is C11H17N3O4. The van der Waals surface area contributed by atoms with E-state index in [2.05, 4.69) is 4.98 Å². The molecule has 1 aromatic heterocycles. The van der Waals surface area contributed by atoms with Gasteiger partial charge in [-0.3, -0.25) is 10.1 Å². The van der Waals surface area contributed by atoms with Gasteiger partial charge in [-0.15, -0.1) is 0 Å². The van der Waals surface area contributed by atoms with E-state index in [9.17, 15) is 15.2 Å². The third kappa shape index (κ3) is 3.38. The van der Waals surface area contributed by atoms with Crippen molar-refractivity contribution in [1.29, 1.82) is 0 Å². The Morgan fingerprint density at radius 2 is 2.33 bits per heavy atom. The van der Waals surface area contributed by atoms with Gasteiger partial charge in [-0.05, 0) is 13.0 Å². The van der Waals surface area contributed by atoms with Crippen molar-refractivity contribution in [3.63, 3.8) is 0 Å². The van der Waals surface area contributed by atoms with Gasteiger partial charge in [0.25, 0.3) is 0 Å². The van der Waals surface area contributed by atoms with Gasteiger partial charge in [0.15, 0.2) is 0 Å². The van der Waals surface area contributed by atoms with Crippen LogP contribution < -0.4 is 4.90 Å². The molecule has 0 saturated heterocycles. The van der Waals surface area contributed by atoms with Crippen LogP contribution in [0.25, 0.3) is 0 Å². The average Bonchev–Trinajstić information content (AvgIpc) is 2.28. The van der Waals surface area contributed by atoms with Crippen LogP contribution >= 0.6 is 0 Å². The molecule has 7 heteroatoms. The van der Waals surface area contributed by atoms with Gasteiger partial charge in [-0.2, -0.15) is 0 Å². The molecule has 0 spiro atoms. The van der Waals surface area contributed by atoms with Gasteiger partial charge in [0.05, 0.1) is 17.6 Å². The highest BCUT2D eigenvalue weighted by Gasteiger charge is 2.22. The van der Waals surface area contributed by atoms with E-state index >= 15 is 0 Å². The van der Waals surface area contributed by atoms with Gasteiger partial charge in [0, 0.05) is 32.5 Å². The summed E-state index contributed by atoms with van der Waals surface area (Å²) in [5.74, 6) is 0.246. The van der Waals surface area contributed by atoms with Gasteiger partial charge in [0.2, 0.25) is 5.82 Å². The van der Waals surface area contributed by atoms with Gasteiger partial charge in [-0.1, -0.05) is 0 Å². The molecule has 0 aromatic carbocycles. The first-order valence-corrected chi connectivity index (χ1v) is 5.45. The molecule has 0 aliphatic carbocycles. The van der Waals surface area contributed by atoms with Crippen LogP contribution in [0.1, 0.15) is 5.56 Å². The number of aliphatic hydroxyl groups excluding tert-OH is 1. The number of aliphatic hydroxyl groups is 1. The van der Waals surface area contributed by atoms with Gasteiger partial charge in [0.1, 0.15) is 0 Å². The summed E-state index contributed by atoms with van der Waals surface area (Å²) in [6.07, 6.45) is 0.790. The molecule has 0 aliphatic rings. The largest absolute Gasteiger partial charge is 0.389 e. The minimum atomic E-state index is -0.720. The molecule has 0 aliphatic heterocycles. The number of ether oxygens (including phenoxy) is 1. The standard InChI is InChI=1S/C11H17N3O4/c1-8-4-5-12-11(10(8)14(16)17)13(2)6-9(15)7-18-3/h4-5,9,15H,6-7H2,1-3H3/t9-/m0/s1. The van der Waals surface area contributed by atoms with E-state index in [0.717, 1.165) is 0 Å². The molecule has 0 radical (unpaired) electrons. The summed E-state index contributed by atoms with van der Waals surface area (Å²) < 4.78 is 4.81. The molecular weight excluding hydrogens is 238 g/mol. The molecule has 0 amide bonds. The van der Waals surface area contributed by atoms with E-state index in [1.54, 1.807) is 24.9 Å². The Morgan fingerprint density at radius 1 is 1.67 bits per heavy atom. The lowest BCUT2D eigenvalue weighted by molar-refractivity contribution is -0.384. The van der Waals surface area contributed by atoms with E-state index in [1.807, 2.05) is 0 Å². The van der Waals surface area contributed by atoms with Crippen LogP contribution in [0.4, 0.5) is 11.5 Å². The van der Waals surface area contributed by atoms with Gasteiger partial charge >= 0.3 is 5.69 Å². The number of aryl methyl sites for hydroxylation is 1. The number of pyridine rings is 1. The molecule has 18 heavy (non-hydrogen) atoms. The number of aromatic nitrogens is 1. The quantitative estimate of drug-likeness (QED) is 0.595. The third-order valence-electron chi connectivity index (χ3n) is 2.49. The summed E-state index contributed by atoms with van der Waals surface area (Å²) in [7, 11) is 3.13. The summed E-state index contributed by atoms with van der Waals surface area (Å²) in [6, 6.07) is 1.58. The van der Waals surface area contributed by atoms with Crippen LogP contribution in [-0.4, -0.2) is 48.4 Å². The van der Waals surface area contributed by atoms with E-state index in [4.69, 9.17) is 4.74 Å². The fourth-order valence-corrected chi connectivity index (χ4v) is 1.69. The smallest absolute Gasteiger partial charge is 0.314 e. The maximum absolute atomic E-state index is 11.0. The molecule has 0 fully saturated rings. The molecule has 1 rings (SSSR count). The molecule has 0 bridgehead atoms. The van der Waals surface area contributed by atoms with Crippen molar-refractivity contribution in [3.8, 4) is 0 Å². The van der Waals surface area contributed by atoms with Crippen LogP contribution in [0.15, 0.2) is 12.3 Å². The number of methoxy groups -OCH3 is 1. The van der Waals surface area contributed by atoms with Crippen molar-refractivity contribution in [1.82, 2.24) is 4.98 Å². The summed E-state index contributed by atoms with van der Waals surface area (Å²) in [4.78, 5) is 16.1. The number of rotatable bonds is 6. The lowest BCUT2D eigenvalue weighted by Crippen LogP contribution is -2.32. The maximum atomic E-state index is 11.0. The summed E-state index contributed by atoms with van der Waals surface area (Å²) in [5.41, 5.74) is 0.502. The average molecular weight is 255 g/mol. The zero-order valence-corrected chi connectivity index (χ0v) is 10.7. The van der Waals surface area contributed by atoms with Gasteiger partial charge in [-0.25, -0.2) is 4.98 Å². The highest BCUT2D eigenvalue weighted by molar-refractivity contribution is 5.61. The molecule has 7 nitrogen and oxygen atoms in total. The number of nitro groups is 1. The molecule has 1 aromatic rings. The molecule has 1 atom stereocenters. The molecule has 100 valence electrons. The van der Waals surface area contributed by atoms with E-state index in [0.29, 0.717) is 5.56 Å². The Hall–Kier alpha value is -1.73. The normalized spacial score (nSPS) is 12.2. The first-order chi connectivity index (χ1) is 8.47. The number of nitrogens with zero attached hydrogens (tertiary/aromatic N) is 3. The second-order valence-electron chi connectivity index (χ2n) is 4.05. The Kier molecular flexibility index (Phi) is 4.99. The van der Waals surface area contributed by atoms with E-state index in [1.165, 1.54) is 13.3 Å². The van der Waals surface area contributed by atoms with Crippen LogP contribution in [-0.2, 0) is 4.74 Å². The lowest BCUT2D eigenvalue weighted by atomic mass is 10.2. The first kappa shape index (κ1) is 14.3. The fraction of sp³-hybridized carbons (Fsp3) is 0.545. The summed E-state index contributed by atoms with van der Waals surface area (Å²) in [6.45, 7) is 2.04. The number of hydrogen-bond acceptors (Lipinski definition) is 6. The molecule has 1 heterocycles. The summed E-state index contributed by atoms with van der Waals surface area (Å²) >= 11 is 0. The molecule has 0 unspecified atom stereocenters. The Bertz CT molecular complexity index is 425. The van der Waals surface area contributed by atoms with Gasteiger partial charge < -0.3 is 14.7 Å². The number of likely N-dealkylation sites (N-methyl/N-ethyl adjacent to an activating group) is 1. The predicted molar refractivity (Wildman–Crippen MR) is 66.8 cm³/mol. The van der Waals surface area contributed by atoms with Crippen molar-refractivity contribution in [2.75, 3.05) is 32.2 Å². The van der Waals surface area contributed by atoms with Crippen molar-refractivity contribution in [3.05, 3.63) is 27.9 Å². The number of anilines is 1. The maximum Gasteiger partial charge on any atom is 0.314 e. The topological polar surface area (TPSA) is 88.7 Å². The van der Waals surface area contributed by atoms with Crippen molar-refractivity contribution >= 4 is 11.5 Å². The lowest BCUT2D eigenvalue weighted by Gasteiger charge is -2.21. The molecule has 0 saturated carbocycles. The van der Waals surface area contributed by atoms with E-state index < -0.39 is 11.0 Å². The molecule has 1 N–H and O–H groups in total. The van der Waals surface area contributed by atoms with Crippen LogP contribution in [0, 0.1) is 17.0 Å². The van der Waals surface area contributed by atoms with Crippen LogP contribution in [0.3, 0.4) is 0 Å². The Labute approximate surface area is 105 Å². The summed E-state index contributed by atoms with van der Waals surface area (Å²) in [5, 5.41) is 20.6. The van der Waals surface area contributed by atoms with Crippen LogP contribution in [0.2, 0.25) is 0 Å². The highest BCUT2D eigenvalue weighted by Crippen LogP contribution is 2.27. The monoisotopic (exact) mass is 255 g/mol. The minimum Gasteiger partial charge on any atom is -0.389 e. The SMILES string of the molecule is COC[C@@H](O)CN(C)c1nccc(C)c1[N+](=O)[O-]. The number of hydrogen-bond donors (Lipinski definition) is 1. The third-order valence-corrected chi connectivity index (χ3v) is 2.49. The zero-order chi connectivity index (χ0) is 13.7. The zero-order valence-electron chi connectivity index (χ0n) is 10.7. The van der Waals surface area contributed by atoms with Crippen molar-refractivity contribution < 1.29 is 14.8 Å². The Morgan fingerprint density at radius 3 is 2.89 bits per heavy atom. The van der Waals surface area contributed by atoms with Crippen LogP contribution in [0.5, 0.6) is 0 Å². The second-order valence-corrected chi connectivity index (χ2v) is 4.05.